The van der Waals surface area contributed by atoms with E-state index in [9.17, 15) is 12.8 Å². The Morgan fingerprint density at radius 1 is 1.21 bits per heavy atom. The Kier molecular flexibility index (Phi) is 8.01. The van der Waals surface area contributed by atoms with Crippen LogP contribution in [-0.4, -0.2) is 45.0 Å². The quantitative estimate of drug-likeness (QED) is 0.699. The lowest BCUT2D eigenvalue weighted by molar-refractivity contribution is -0.0330. The van der Waals surface area contributed by atoms with Gasteiger partial charge in [-0.15, -0.1) is 12.4 Å². The smallest absolute Gasteiger partial charge is 0.148 e. The molecule has 1 saturated heterocycles. The van der Waals surface area contributed by atoms with Crippen LogP contribution in [0.15, 0.2) is 48.5 Å². The molecule has 2 aromatic rings. The lowest BCUT2D eigenvalue weighted by Crippen LogP contribution is -2.37. The Labute approximate surface area is 173 Å². The van der Waals surface area contributed by atoms with Gasteiger partial charge in [-0.05, 0) is 34.7 Å². The molecule has 0 saturated carbocycles. The van der Waals surface area contributed by atoms with E-state index in [1.807, 2.05) is 25.1 Å². The molecule has 154 valence electrons. The largest absolute Gasteiger partial charge is 0.371 e. The first-order valence-corrected chi connectivity index (χ1v) is 11.2. The summed E-state index contributed by atoms with van der Waals surface area (Å²) in [4.78, 5) is 2.30. The van der Waals surface area contributed by atoms with E-state index >= 15 is 0 Å². The summed E-state index contributed by atoms with van der Waals surface area (Å²) in [5.74, 6) is -0.104. The molecule has 1 fully saturated rings. The SMILES string of the molecule is C[C@@H](CS(C)(=O)=O)c1ccc(CN2CCOC(c3cccc(F)c3)C2)cc1.Cl. The first-order chi connectivity index (χ1) is 12.8. The molecule has 1 aliphatic heterocycles. The molecule has 3 rings (SSSR count). The number of halogens is 2. The summed E-state index contributed by atoms with van der Waals surface area (Å²) in [6, 6.07) is 14.7. The summed E-state index contributed by atoms with van der Waals surface area (Å²) in [5.41, 5.74) is 3.07. The van der Waals surface area contributed by atoms with Gasteiger partial charge in [-0.1, -0.05) is 43.3 Å². The second kappa shape index (κ2) is 9.83. The molecule has 4 nitrogen and oxygen atoms in total. The van der Waals surface area contributed by atoms with E-state index in [0.717, 1.165) is 30.8 Å². The van der Waals surface area contributed by atoms with Crippen molar-refractivity contribution in [3.63, 3.8) is 0 Å². The van der Waals surface area contributed by atoms with Gasteiger partial charge in [0.15, 0.2) is 0 Å². The van der Waals surface area contributed by atoms with Crippen molar-refractivity contribution in [2.45, 2.75) is 25.5 Å². The number of rotatable bonds is 6. The fourth-order valence-electron chi connectivity index (χ4n) is 3.51. The third-order valence-electron chi connectivity index (χ3n) is 4.88. The predicted molar refractivity (Wildman–Crippen MR) is 112 cm³/mol. The van der Waals surface area contributed by atoms with Crippen molar-refractivity contribution in [1.29, 1.82) is 0 Å². The molecule has 0 aliphatic carbocycles. The molecule has 0 spiro atoms. The maximum Gasteiger partial charge on any atom is 0.148 e. The number of sulfone groups is 1. The maximum atomic E-state index is 13.5. The number of nitrogens with zero attached hydrogens (tertiary/aromatic N) is 1. The molecule has 2 aromatic carbocycles. The molecule has 1 heterocycles. The molecule has 28 heavy (non-hydrogen) atoms. The molecule has 0 radical (unpaired) electrons. The van der Waals surface area contributed by atoms with Crippen LogP contribution in [-0.2, 0) is 21.1 Å². The van der Waals surface area contributed by atoms with Crippen LogP contribution in [0.1, 0.15) is 35.6 Å². The van der Waals surface area contributed by atoms with E-state index < -0.39 is 9.84 Å². The van der Waals surface area contributed by atoms with Gasteiger partial charge in [0.2, 0.25) is 0 Å². The Hall–Kier alpha value is -1.47. The number of hydrogen-bond donors (Lipinski definition) is 0. The Balaban J connectivity index is 0.00000280. The molecule has 1 aliphatic rings. The fraction of sp³-hybridized carbons (Fsp3) is 0.429. The van der Waals surface area contributed by atoms with E-state index in [0.29, 0.717) is 6.61 Å². The highest BCUT2D eigenvalue weighted by Gasteiger charge is 2.22. The van der Waals surface area contributed by atoms with E-state index in [4.69, 9.17) is 4.74 Å². The lowest BCUT2D eigenvalue weighted by Gasteiger charge is -2.33. The molecular weight excluding hydrogens is 401 g/mol. The topological polar surface area (TPSA) is 46.6 Å². The highest BCUT2D eigenvalue weighted by atomic mass is 35.5. The van der Waals surface area contributed by atoms with Crippen LogP contribution in [0.5, 0.6) is 0 Å². The number of hydrogen-bond acceptors (Lipinski definition) is 4. The minimum Gasteiger partial charge on any atom is -0.371 e. The van der Waals surface area contributed by atoms with Crippen molar-refractivity contribution < 1.29 is 17.5 Å². The fourth-order valence-corrected chi connectivity index (χ4v) is 4.62. The van der Waals surface area contributed by atoms with Gasteiger partial charge in [-0.3, -0.25) is 4.90 Å². The third kappa shape index (κ3) is 6.55. The van der Waals surface area contributed by atoms with Gasteiger partial charge < -0.3 is 4.74 Å². The van der Waals surface area contributed by atoms with E-state index in [1.54, 1.807) is 6.07 Å². The Bertz CT molecular complexity index is 873. The van der Waals surface area contributed by atoms with Crippen molar-refractivity contribution in [2.75, 3.05) is 31.7 Å². The first-order valence-electron chi connectivity index (χ1n) is 9.16. The summed E-state index contributed by atoms with van der Waals surface area (Å²) >= 11 is 0. The van der Waals surface area contributed by atoms with Gasteiger partial charge in [0, 0.05) is 25.9 Å². The molecule has 2 atom stereocenters. The monoisotopic (exact) mass is 427 g/mol. The van der Waals surface area contributed by atoms with Crippen LogP contribution in [0.4, 0.5) is 4.39 Å². The van der Waals surface area contributed by atoms with E-state index in [-0.39, 0.29) is 36.0 Å². The second-order valence-corrected chi connectivity index (χ2v) is 9.57. The maximum absolute atomic E-state index is 13.5. The second-order valence-electron chi connectivity index (χ2n) is 7.38. The van der Waals surface area contributed by atoms with E-state index in [1.165, 1.54) is 24.0 Å². The summed E-state index contributed by atoms with van der Waals surface area (Å²) in [6.07, 6.45) is 1.15. The van der Waals surface area contributed by atoms with Crippen molar-refractivity contribution >= 4 is 22.2 Å². The predicted octanol–water partition coefficient (Wildman–Crippen LogP) is 3.97. The molecule has 0 aromatic heterocycles. The summed E-state index contributed by atoms with van der Waals surface area (Å²) in [6.45, 7) is 4.88. The van der Waals surface area contributed by atoms with Gasteiger partial charge >= 0.3 is 0 Å². The minimum absolute atomic E-state index is 0. The van der Waals surface area contributed by atoms with Gasteiger partial charge in [-0.2, -0.15) is 0 Å². The number of ether oxygens (including phenoxy) is 1. The van der Waals surface area contributed by atoms with Gasteiger partial charge in [0.1, 0.15) is 15.7 Å². The zero-order valence-electron chi connectivity index (χ0n) is 16.2. The minimum atomic E-state index is -2.99. The zero-order valence-corrected chi connectivity index (χ0v) is 17.8. The normalized spacial score (nSPS) is 19.0. The van der Waals surface area contributed by atoms with Gasteiger partial charge in [-0.25, -0.2) is 12.8 Å². The number of benzene rings is 2. The summed E-state index contributed by atoms with van der Waals surface area (Å²) in [7, 11) is -2.99. The third-order valence-corrected chi connectivity index (χ3v) is 5.98. The Morgan fingerprint density at radius 2 is 1.93 bits per heavy atom. The standard InChI is InChI=1S/C21H26FNO3S.ClH/c1-16(15-27(2,24)25)18-8-6-17(7-9-18)13-23-10-11-26-21(14-23)19-4-3-5-20(22)12-19;/h3-9,12,16,21H,10-11,13-15H2,1-2H3;1H/t16-,21?;/m0./s1. The van der Waals surface area contributed by atoms with Crippen molar-refractivity contribution in [3.05, 3.63) is 71.0 Å². The first kappa shape index (κ1) is 22.8. The van der Waals surface area contributed by atoms with Crippen molar-refractivity contribution in [1.82, 2.24) is 4.90 Å². The highest BCUT2D eigenvalue weighted by molar-refractivity contribution is 7.90. The molecule has 1 unspecified atom stereocenters. The molecular formula is C21H27ClFNO3S. The van der Waals surface area contributed by atoms with Crippen LogP contribution in [0, 0.1) is 5.82 Å². The van der Waals surface area contributed by atoms with Gasteiger partial charge in [0.25, 0.3) is 0 Å². The number of morpholine rings is 1. The molecule has 0 bridgehead atoms. The van der Waals surface area contributed by atoms with Crippen LogP contribution in [0.3, 0.4) is 0 Å². The van der Waals surface area contributed by atoms with Crippen LogP contribution >= 0.6 is 12.4 Å². The highest BCUT2D eigenvalue weighted by Crippen LogP contribution is 2.24. The zero-order chi connectivity index (χ0) is 19.4. The van der Waals surface area contributed by atoms with Crippen LogP contribution in [0.2, 0.25) is 0 Å². The lowest BCUT2D eigenvalue weighted by atomic mass is 10.0. The van der Waals surface area contributed by atoms with Crippen molar-refractivity contribution in [3.8, 4) is 0 Å². The van der Waals surface area contributed by atoms with Crippen LogP contribution < -0.4 is 0 Å². The average Bonchev–Trinajstić information content (AvgIpc) is 2.61. The summed E-state index contributed by atoms with van der Waals surface area (Å²) < 4.78 is 42.2. The van der Waals surface area contributed by atoms with E-state index in [2.05, 4.69) is 17.0 Å². The molecule has 7 heteroatoms. The van der Waals surface area contributed by atoms with Crippen LogP contribution in [0.25, 0.3) is 0 Å². The molecule has 0 amide bonds. The average molecular weight is 428 g/mol. The summed E-state index contributed by atoms with van der Waals surface area (Å²) in [5, 5.41) is 0. The Morgan fingerprint density at radius 3 is 2.57 bits per heavy atom. The molecule has 0 N–H and O–H groups in total. The van der Waals surface area contributed by atoms with Crippen molar-refractivity contribution in [2.24, 2.45) is 0 Å². The van der Waals surface area contributed by atoms with Gasteiger partial charge in [0.05, 0.1) is 18.5 Å².